The van der Waals surface area contributed by atoms with E-state index in [-0.39, 0.29) is 0 Å². The predicted molar refractivity (Wildman–Crippen MR) is 128 cm³/mol. The first-order valence-electron chi connectivity index (χ1n) is 10.00. The molecule has 0 aliphatic heterocycles. The third-order valence-electron chi connectivity index (χ3n) is 5.27. The van der Waals surface area contributed by atoms with E-state index in [1.54, 1.807) is 12.4 Å². The first kappa shape index (κ1) is 18.0. The first-order valence-corrected chi connectivity index (χ1v) is 10.00. The molecule has 0 amide bonds. The second kappa shape index (κ2) is 8.14. The lowest BCUT2D eigenvalue weighted by Crippen LogP contribution is -1.88. The Morgan fingerprint density at radius 2 is 0.833 bits per heavy atom. The number of rotatable bonds is 4. The van der Waals surface area contributed by atoms with Crippen molar-refractivity contribution in [2.75, 3.05) is 0 Å². The van der Waals surface area contributed by atoms with Gasteiger partial charge in [-0.1, -0.05) is 85.0 Å². The predicted octanol–water partition coefficient (Wildman–Crippen LogP) is 7.12. The second-order valence-electron chi connectivity index (χ2n) is 7.16. The molecule has 0 unspecified atom stereocenters. The smallest absolute Gasteiger partial charge is 0.0340 e. The molecule has 5 rings (SSSR count). The van der Waals surface area contributed by atoms with Gasteiger partial charge in [-0.05, 0) is 55.9 Å². The van der Waals surface area contributed by atoms with Crippen molar-refractivity contribution >= 4 is 45.8 Å². The van der Waals surface area contributed by atoms with Crippen LogP contribution in [0.25, 0.3) is 45.8 Å². The average Bonchev–Trinajstić information content (AvgIpc) is 2.82. The summed E-state index contributed by atoms with van der Waals surface area (Å²) in [5.74, 6) is 0. The summed E-state index contributed by atoms with van der Waals surface area (Å²) in [5.41, 5.74) is 4.63. The summed E-state index contributed by atoms with van der Waals surface area (Å²) >= 11 is 0. The zero-order valence-corrected chi connectivity index (χ0v) is 16.4. The number of pyridine rings is 2. The van der Waals surface area contributed by atoms with Gasteiger partial charge in [0.05, 0.1) is 0 Å². The largest absolute Gasteiger partial charge is 0.264 e. The molecular weight excluding hydrogens is 364 g/mol. The van der Waals surface area contributed by atoms with Crippen LogP contribution in [0, 0.1) is 0 Å². The van der Waals surface area contributed by atoms with Gasteiger partial charge in [-0.3, -0.25) is 9.97 Å². The lowest BCUT2D eigenvalue weighted by atomic mass is 9.91. The summed E-state index contributed by atoms with van der Waals surface area (Å²) in [6.07, 6.45) is 16.0. The van der Waals surface area contributed by atoms with Gasteiger partial charge in [0, 0.05) is 24.8 Å². The second-order valence-corrected chi connectivity index (χ2v) is 7.16. The highest BCUT2D eigenvalue weighted by molar-refractivity contribution is 6.14. The molecule has 0 bridgehead atoms. The maximum atomic E-state index is 4.22. The van der Waals surface area contributed by atoms with Crippen LogP contribution < -0.4 is 0 Å². The standard InChI is InChI=1S/C28H20N2/c1-2-10-24-23(9-1)27(15-13-21-7-5-17-29-19-21)25-11-3-4-12-26(25)28(24)16-14-22-8-6-18-30-20-22/h1-20H. The zero-order chi connectivity index (χ0) is 20.2. The van der Waals surface area contributed by atoms with Gasteiger partial charge < -0.3 is 0 Å². The van der Waals surface area contributed by atoms with Gasteiger partial charge in [-0.2, -0.15) is 0 Å². The lowest BCUT2D eigenvalue weighted by Gasteiger charge is -2.13. The van der Waals surface area contributed by atoms with Crippen LogP contribution in [0.1, 0.15) is 22.3 Å². The van der Waals surface area contributed by atoms with Crippen LogP contribution in [-0.2, 0) is 0 Å². The molecule has 0 radical (unpaired) electrons. The Kier molecular flexibility index (Phi) is 4.89. The third-order valence-corrected chi connectivity index (χ3v) is 5.27. The van der Waals surface area contributed by atoms with Crippen molar-refractivity contribution in [2.24, 2.45) is 0 Å². The summed E-state index contributed by atoms with van der Waals surface area (Å²) in [4.78, 5) is 8.45. The number of hydrogen-bond donors (Lipinski definition) is 0. The minimum absolute atomic E-state index is 1.09. The molecule has 5 aromatic rings. The third kappa shape index (κ3) is 3.51. The molecular formula is C28H20N2. The molecule has 0 spiro atoms. The van der Waals surface area contributed by atoms with Crippen LogP contribution in [-0.4, -0.2) is 9.97 Å². The molecule has 142 valence electrons. The van der Waals surface area contributed by atoms with Crippen molar-refractivity contribution in [1.29, 1.82) is 0 Å². The number of fused-ring (bicyclic) bond motifs is 2. The number of aromatic nitrogens is 2. The Bertz CT molecular complexity index is 1200. The highest BCUT2D eigenvalue weighted by Crippen LogP contribution is 2.35. The monoisotopic (exact) mass is 384 g/mol. The fourth-order valence-corrected chi connectivity index (χ4v) is 3.86. The van der Waals surface area contributed by atoms with Crippen molar-refractivity contribution in [1.82, 2.24) is 9.97 Å². The topological polar surface area (TPSA) is 25.8 Å². The molecule has 0 fully saturated rings. The Morgan fingerprint density at radius 1 is 0.433 bits per heavy atom. The fourth-order valence-electron chi connectivity index (χ4n) is 3.86. The van der Waals surface area contributed by atoms with Crippen molar-refractivity contribution in [3.05, 3.63) is 120 Å². The molecule has 3 aromatic carbocycles. The SMILES string of the molecule is C(=Cc1c2ccccc2c(C=Cc2cccnc2)c2ccccc12)c1cccnc1. The van der Waals surface area contributed by atoms with Gasteiger partial charge in [-0.15, -0.1) is 0 Å². The summed E-state index contributed by atoms with van der Waals surface area (Å²) in [7, 11) is 0. The van der Waals surface area contributed by atoms with Gasteiger partial charge in [0.15, 0.2) is 0 Å². The Morgan fingerprint density at radius 3 is 1.17 bits per heavy atom. The highest BCUT2D eigenvalue weighted by atomic mass is 14.6. The van der Waals surface area contributed by atoms with Crippen LogP contribution in [0.15, 0.2) is 97.6 Å². The maximum absolute atomic E-state index is 4.22. The fraction of sp³-hybridized carbons (Fsp3) is 0. The molecule has 2 heterocycles. The number of hydrogen-bond acceptors (Lipinski definition) is 2. The van der Waals surface area contributed by atoms with Gasteiger partial charge >= 0.3 is 0 Å². The molecule has 0 aliphatic rings. The molecule has 2 heteroatoms. The van der Waals surface area contributed by atoms with E-state index >= 15 is 0 Å². The minimum Gasteiger partial charge on any atom is -0.264 e. The van der Waals surface area contributed by atoms with Crippen molar-refractivity contribution in [2.45, 2.75) is 0 Å². The number of nitrogens with zero attached hydrogens (tertiary/aromatic N) is 2. The van der Waals surface area contributed by atoms with E-state index < -0.39 is 0 Å². The molecule has 0 atom stereocenters. The molecule has 0 saturated heterocycles. The summed E-state index contributed by atoms with van der Waals surface area (Å²) in [6, 6.07) is 25.3. The number of benzene rings is 3. The quantitative estimate of drug-likeness (QED) is 0.308. The molecule has 0 saturated carbocycles. The Hall–Kier alpha value is -4.04. The summed E-state index contributed by atoms with van der Waals surface area (Å²) in [5, 5.41) is 4.95. The summed E-state index contributed by atoms with van der Waals surface area (Å²) in [6.45, 7) is 0. The van der Waals surface area contributed by atoms with Crippen molar-refractivity contribution < 1.29 is 0 Å². The van der Waals surface area contributed by atoms with Crippen LogP contribution in [0.5, 0.6) is 0 Å². The van der Waals surface area contributed by atoms with Gasteiger partial charge in [0.2, 0.25) is 0 Å². The maximum Gasteiger partial charge on any atom is 0.0340 e. The van der Waals surface area contributed by atoms with Crippen LogP contribution in [0.3, 0.4) is 0 Å². The van der Waals surface area contributed by atoms with E-state index in [1.165, 1.54) is 32.7 Å². The molecule has 2 aromatic heterocycles. The molecule has 2 nitrogen and oxygen atoms in total. The van der Waals surface area contributed by atoms with Crippen LogP contribution in [0.2, 0.25) is 0 Å². The van der Waals surface area contributed by atoms with Crippen LogP contribution in [0.4, 0.5) is 0 Å². The minimum atomic E-state index is 1.09. The van der Waals surface area contributed by atoms with E-state index in [1.807, 2.05) is 24.5 Å². The first-order chi connectivity index (χ1) is 14.9. The molecule has 30 heavy (non-hydrogen) atoms. The lowest BCUT2D eigenvalue weighted by molar-refractivity contribution is 1.32. The average molecular weight is 384 g/mol. The van der Waals surface area contributed by atoms with Crippen molar-refractivity contribution in [3.63, 3.8) is 0 Å². The van der Waals surface area contributed by atoms with E-state index in [0.29, 0.717) is 0 Å². The van der Waals surface area contributed by atoms with E-state index in [2.05, 4.69) is 94.9 Å². The highest BCUT2D eigenvalue weighted by Gasteiger charge is 2.10. The van der Waals surface area contributed by atoms with Gasteiger partial charge in [0.25, 0.3) is 0 Å². The molecule has 0 N–H and O–H groups in total. The Labute approximate surface area is 175 Å². The summed E-state index contributed by atoms with van der Waals surface area (Å²) < 4.78 is 0. The zero-order valence-electron chi connectivity index (χ0n) is 16.4. The molecule has 0 aliphatic carbocycles. The van der Waals surface area contributed by atoms with Crippen LogP contribution >= 0.6 is 0 Å². The van der Waals surface area contributed by atoms with Crippen molar-refractivity contribution in [3.8, 4) is 0 Å². The normalized spacial score (nSPS) is 11.7. The van der Waals surface area contributed by atoms with E-state index in [0.717, 1.165) is 11.1 Å². The Balaban J connectivity index is 1.74. The van der Waals surface area contributed by atoms with E-state index in [4.69, 9.17) is 0 Å². The van der Waals surface area contributed by atoms with Gasteiger partial charge in [-0.25, -0.2) is 0 Å². The van der Waals surface area contributed by atoms with E-state index in [9.17, 15) is 0 Å². The van der Waals surface area contributed by atoms with Gasteiger partial charge in [0.1, 0.15) is 0 Å².